The Morgan fingerprint density at radius 3 is 2.57 bits per heavy atom. The first-order valence-corrected chi connectivity index (χ1v) is 8.06. The largest absolute Gasteiger partial charge is 0.338 e. The molecule has 1 aromatic carbocycles. The van der Waals surface area contributed by atoms with Gasteiger partial charge in [0, 0.05) is 24.4 Å². The van der Waals surface area contributed by atoms with E-state index >= 15 is 0 Å². The van der Waals surface area contributed by atoms with Gasteiger partial charge in [-0.3, -0.25) is 10.1 Å². The molecule has 0 saturated carbocycles. The van der Waals surface area contributed by atoms with Crippen molar-refractivity contribution in [3.8, 4) is 0 Å². The maximum atomic E-state index is 11.8. The first-order valence-electron chi connectivity index (χ1n) is 8.06. The molecular formula is C16H24N4O3. The van der Waals surface area contributed by atoms with Crippen molar-refractivity contribution >= 4 is 17.4 Å². The number of rotatable bonds is 6. The van der Waals surface area contributed by atoms with E-state index in [1.54, 1.807) is 0 Å². The molecule has 0 spiro atoms. The van der Waals surface area contributed by atoms with Crippen LogP contribution in [0.2, 0.25) is 0 Å². The fourth-order valence-corrected chi connectivity index (χ4v) is 2.63. The molecule has 1 fully saturated rings. The van der Waals surface area contributed by atoms with Gasteiger partial charge in [-0.1, -0.05) is 6.92 Å². The van der Waals surface area contributed by atoms with E-state index in [0.29, 0.717) is 12.2 Å². The monoisotopic (exact) mass is 320 g/mol. The van der Waals surface area contributed by atoms with Crippen molar-refractivity contribution in [2.45, 2.75) is 26.2 Å². The summed E-state index contributed by atoms with van der Waals surface area (Å²) >= 11 is 0. The van der Waals surface area contributed by atoms with E-state index in [0.717, 1.165) is 32.0 Å². The molecule has 2 rings (SSSR count). The van der Waals surface area contributed by atoms with Gasteiger partial charge in [0.2, 0.25) is 0 Å². The van der Waals surface area contributed by atoms with Crippen LogP contribution < -0.4 is 10.6 Å². The summed E-state index contributed by atoms with van der Waals surface area (Å²) in [4.78, 5) is 24.3. The summed E-state index contributed by atoms with van der Waals surface area (Å²) in [6, 6.07) is 5.49. The van der Waals surface area contributed by atoms with Crippen molar-refractivity contribution < 1.29 is 9.72 Å². The Morgan fingerprint density at radius 1 is 1.30 bits per heavy atom. The number of benzene rings is 1. The molecule has 2 N–H and O–H groups in total. The minimum Gasteiger partial charge on any atom is -0.338 e. The second-order valence-electron chi connectivity index (χ2n) is 6.06. The van der Waals surface area contributed by atoms with E-state index in [1.165, 1.54) is 37.1 Å². The maximum Gasteiger partial charge on any atom is 0.319 e. The molecular weight excluding hydrogens is 296 g/mol. The van der Waals surface area contributed by atoms with Gasteiger partial charge in [-0.05, 0) is 56.9 Å². The fourth-order valence-electron chi connectivity index (χ4n) is 2.63. The third-order valence-corrected chi connectivity index (χ3v) is 4.15. The Balaban J connectivity index is 1.62. The van der Waals surface area contributed by atoms with Gasteiger partial charge in [0.25, 0.3) is 5.69 Å². The van der Waals surface area contributed by atoms with Crippen LogP contribution in [0.15, 0.2) is 24.3 Å². The number of nitro groups is 1. The third-order valence-electron chi connectivity index (χ3n) is 4.15. The number of anilines is 1. The Morgan fingerprint density at radius 2 is 1.96 bits per heavy atom. The fraction of sp³-hybridized carbons (Fsp3) is 0.562. The molecule has 0 aromatic heterocycles. The number of piperidine rings is 1. The van der Waals surface area contributed by atoms with Gasteiger partial charge in [-0.25, -0.2) is 4.79 Å². The highest BCUT2D eigenvalue weighted by molar-refractivity contribution is 5.89. The number of carbonyl (C=O) groups is 1. The number of nitrogens with one attached hydrogen (secondary N) is 2. The molecule has 0 aliphatic carbocycles. The van der Waals surface area contributed by atoms with E-state index in [1.807, 2.05) is 0 Å². The average Bonchev–Trinajstić information content (AvgIpc) is 2.54. The summed E-state index contributed by atoms with van der Waals surface area (Å²) in [5, 5.41) is 16.0. The van der Waals surface area contributed by atoms with E-state index < -0.39 is 4.92 Å². The highest BCUT2D eigenvalue weighted by Crippen LogP contribution is 2.16. The number of urea groups is 1. The van der Waals surface area contributed by atoms with E-state index in [4.69, 9.17) is 0 Å². The van der Waals surface area contributed by atoms with Crippen LogP contribution in [0.25, 0.3) is 0 Å². The van der Waals surface area contributed by atoms with Gasteiger partial charge in [0.1, 0.15) is 0 Å². The molecule has 1 aromatic rings. The summed E-state index contributed by atoms with van der Waals surface area (Å²) < 4.78 is 0. The number of nitro benzene ring substituents is 1. The predicted molar refractivity (Wildman–Crippen MR) is 89.6 cm³/mol. The van der Waals surface area contributed by atoms with E-state index in [-0.39, 0.29) is 11.7 Å². The quantitative estimate of drug-likeness (QED) is 0.479. The topological polar surface area (TPSA) is 87.5 Å². The summed E-state index contributed by atoms with van der Waals surface area (Å²) in [5.74, 6) is 0.830. The molecule has 2 amide bonds. The lowest BCUT2D eigenvalue weighted by molar-refractivity contribution is -0.384. The van der Waals surface area contributed by atoms with Crippen molar-refractivity contribution in [2.24, 2.45) is 5.92 Å². The number of hydrogen-bond donors (Lipinski definition) is 2. The average molecular weight is 320 g/mol. The lowest BCUT2D eigenvalue weighted by Gasteiger charge is -2.30. The zero-order chi connectivity index (χ0) is 16.7. The van der Waals surface area contributed by atoms with Crippen LogP contribution in [-0.2, 0) is 0 Å². The van der Waals surface area contributed by atoms with Gasteiger partial charge in [-0.2, -0.15) is 0 Å². The number of likely N-dealkylation sites (tertiary alicyclic amines) is 1. The number of nitrogens with zero attached hydrogens (tertiary/aromatic N) is 2. The molecule has 0 radical (unpaired) electrons. The van der Waals surface area contributed by atoms with Crippen molar-refractivity contribution in [1.29, 1.82) is 0 Å². The molecule has 1 saturated heterocycles. The molecule has 0 unspecified atom stereocenters. The van der Waals surface area contributed by atoms with Crippen LogP contribution in [0.5, 0.6) is 0 Å². The van der Waals surface area contributed by atoms with E-state index in [9.17, 15) is 14.9 Å². The number of non-ortho nitro benzene ring substituents is 1. The molecule has 0 bridgehead atoms. The predicted octanol–water partition coefficient (Wildman–Crippen LogP) is 2.84. The van der Waals surface area contributed by atoms with Crippen molar-refractivity contribution in [1.82, 2.24) is 10.2 Å². The molecule has 126 valence electrons. The summed E-state index contributed by atoms with van der Waals surface area (Å²) in [6.45, 7) is 6.21. The smallest absolute Gasteiger partial charge is 0.319 e. The summed E-state index contributed by atoms with van der Waals surface area (Å²) in [6.07, 6.45) is 3.43. The van der Waals surface area contributed by atoms with Gasteiger partial charge in [0.05, 0.1) is 4.92 Å². The minimum absolute atomic E-state index is 0.00630. The molecule has 7 nitrogen and oxygen atoms in total. The van der Waals surface area contributed by atoms with Crippen LogP contribution >= 0.6 is 0 Å². The Labute approximate surface area is 136 Å². The van der Waals surface area contributed by atoms with Crippen LogP contribution in [0.1, 0.15) is 26.2 Å². The van der Waals surface area contributed by atoms with Crippen LogP contribution in [0.3, 0.4) is 0 Å². The lowest BCUT2D eigenvalue weighted by atomic mass is 9.99. The van der Waals surface area contributed by atoms with Crippen molar-refractivity contribution in [3.63, 3.8) is 0 Å². The highest BCUT2D eigenvalue weighted by atomic mass is 16.6. The molecule has 0 atom stereocenters. The number of amides is 2. The first-order chi connectivity index (χ1) is 11.0. The van der Waals surface area contributed by atoms with Crippen LogP contribution in [0, 0.1) is 16.0 Å². The van der Waals surface area contributed by atoms with Crippen molar-refractivity contribution in [2.75, 3.05) is 31.5 Å². The zero-order valence-electron chi connectivity index (χ0n) is 13.5. The number of hydrogen-bond acceptors (Lipinski definition) is 4. The SMILES string of the molecule is CC1CCN(CCCNC(=O)Nc2ccc([N+](=O)[O-])cc2)CC1. The maximum absolute atomic E-state index is 11.8. The third kappa shape index (κ3) is 5.86. The van der Waals surface area contributed by atoms with Gasteiger partial charge >= 0.3 is 6.03 Å². The molecule has 7 heteroatoms. The van der Waals surface area contributed by atoms with Gasteiger partial charge in [0.15, 0.2) is 0 Å². The number of carbonyl (C=O) groups excluding carboxylic acids is 1. The zero-order valence-corrected chi connectivity index (χ0v) is 13.5. The highest BCUT2D eigenvalue weighted by Gasteiger charge is 2.14. The second-order valence-corrected chi connectivity index (χ2v) is 6.06. The summed E-state index contributed by atoms with van der Waals surface area (Å²) in [7, 11) is 0. The Kier molecular flexibility index (Phi) is 6.34. The molecule has 23 heavy (non-hydrogen) atoms. The lowest BCUT2D eigenvalue weighted by Crippen LogP contribution is -2.36. The van der Waals surface area contributed by atoms with Crippen molar-refractivity contribution in [3.05, 3.63) is 34.4 Å². The second kappa shape index (κ2) is 8.47. The van der Waals surface area contributed by atoms with Crippen LogP contribution in [0.4, 0.5) is 16.2 Å². The Bertz CT molecular complexity index is 525. The molecule has 1 aliphatic heterocycles. The minimum atomic E-state index is -0.467. The standard InChI is InChI=1S/C16H24N4O3/c1-13-7-11-19(12-8-13)10-2-9-17-16(21)18-14-3-5-15(6-4-14)20(22)23/h3-6,13H,2,7-12H2,1H3,(H2,17,18,21). The molecule has 1 heterocycles. The summed E-state index contributed by atoms with van der Waals surface area (Å²) in [5.41, 5.74) is 0.546. The van der Waals surface area contributed by atoms with Crippen LogP contribution in [-0.4, -0.2) is 42.0 Å². The van der Waals surface area contributed by atoms with Gasteiger partial charge in [-0.15, -0.1) is 0 Å². The molecule has 1 aliphatic rings. The van der Waals surface area contributed by atoms with Gasteiger partial charge < -0.3 is 15.5 Å². The normalized spacial score (nSPS) is 16.0. The first kappa shape index (κ1) is 17.2. The Hall–Kier alpha value is -2.15. The van der Waals surface area contributed by atoms with E-state index in [2.05, 4.69) is 22.5 Å².